The monoisotopic (exact) mass is 1770 g/mol. The Bertz CT molecular complexity index is 5260. The third-order valence-corrected chi connectivity index (χ3v) is 22.6. The molecule has 0 aliphatic carbocycles. The zero-order chi connectivity index (χ0) is 93.4. The van der Waals surface area contributed by atoms with Gasteiger partial charge < -0.3 is 76.2 Å². The van der Waals surface area contributed by atoms with Gasteiger partial charge in [0.2, 0.25) is 11.8 Å². The lowest BCUT2D eigenvalue weighted by Crippen LogP contribution is -2.49. The van der Waals surface area contributed by atoms with Crippen LogP contribution in [0.1, 0.15) is 115 Å². The van der Waals surface area contributed by atoms with Gasteiger partial charge in [0.25, 0.3) is 0 Å². The molecular formula is C103H111N3O24. The number of nitrogens with two attached hydrogens (primary N) is 1. The van der Waals surface area contributed by atoms with Crippen LogP contribution in [0.15, 0.2) is 231 Å². The summed E-state index contributed by atoms with van der Waals surface area (Å²) in [6.07, 6.45) is -1.53. The van der Waals surface area contributed by atoms with Gasteiger partial charge in [-0.1, -0.05) is 139 Å². The van der Waals surface area contributed by atoms with Gasteiger partial charge in [-0.2, -0.15) is 0 Å². The first-order valence-electron chi connectivity index (χ1n) is 43.2. The highest BCUT2D eigenvalue weighted by atomic mass is 16.5. The van der Waals surface area contributed by atoms with Crippen molar-refractivity contribution >= 4 is 70.0 Å². The molecule has 0 aliphatic rings. The second-order valence-electron chi connectivity index (χ2n) is 32.7. The maximum absolute atomic E-state index is 15.8. The molecule has 27 nitrogen and oxygen atoms in total. The molecular weight excluding hydrogens is 1660 g/mol. The van der Waals surface area contributed by atoms with Crippen LogP contribution in [0.25, 0.3) is 0 Å². The molecule has 0 unspecified atom stereocenters. The summed E-state index contributed by atoms with van der Waals surface area (Å²) < 4.78 is 22.2. The average Bonchev–Trinajstić information content (AvgIpc) is 0.844. The predicted octanol–water partition coefficient (Wildman–Crippen LogP) is 11.9. The van der Waals surface area contributed by atoms with E-state index < -0.39 is 181 Å². The quantitative estimate of drug-likeness (QED) is 0.0125. The van der Waals surface area contributed by atoms with Crippen LogP contribution in [0.5, 0.6) is 46.0 Å². The van der Waals surface area contributed by atoms with E-state index in [1.54, 1.807) is 103 Å². The third kappa shape index (κ3) is 34.7. The summed E-state index contributed by atoms with van der Waals surface area (Å²) in [4.78, 5) is 175. The molecule has 0 saturated carbocycles. The molecule has 130 heavy (non-hydrogen) atoms. The van der Waals surface area contributed by atoms with Gasteiger partial charge in [0.05, 0.1) is 56.7 Å². The fourth-order valence-electron chi connectivity index (χ4n) is 15.4. The molecule has 0 aliphatic heterocycles. The van der Waals surface area contributed by atoms with Crippen molar-refractivity contribution in [1.82, 2.24) is 10.6 Å². The second-order valence-corrected chi connectivity index (χ2v) is 32.7. The predicted molar refractivity (Wildman–Crippen MR) is 481 cm³/mol. The number of aromatic hydroxyl groups is 6. The number of ketones is 8. The van der Waals surface area contributed by atoms with Crippen molar-refractivity contribution in [2.45, 2.75) is 140 Å². The van der Waals surface area contributed by atoms with Gasteiger partial charge in [-0.25, -0.2) is 0 Å². The second kappa shape index (κ2) is 51.8. The number of carbonyl (C=O) groups excluding carboxylic acids is 10. The van der Waals surface area contributed by atoms with Crippen molar-refractivity contribution in [3.8, 4) is 58.3 Å². The first kappa shape index (κ1) is 99.8. The van der Waals surface area contributed by atoms with Gasteiger partial charge in [-0.05, 0) is 199 Å². The Balaban J connectivity index is 0.955. The minimum Gasteiger partial charge on any atom is -0.508 e. The van der Waals surface area contributed by atoms with E-state index in [4.69, 9.17) is 31.1 Å². The van der Waals surface area contributed by atoms with E-state index in [0.717, 1.165) is 5.56 Å². The minimum atomic E-state index is -1.74. The average molecular weight is 1780 g/mol. The number of benzene rings is 9. The summed E-state index contributed by atoms with van der Waals surface area (Å²) in [7, 11) is 0. The zero-order valence-electron chi connectivity index (χ0n) is 72.2. The lowest BCUT2D eigenvalue weighted by atomic mass is 9.77. The Labute approximate surface area is 754 Å². The van der Waals surface area contributed by atoms with Crippen LogP contribution in [0.2, 0.25) is 0 Å². The first-order chi connectivity index (χ1) is 62.5. The fraction of sp³-hybridized carbons (Fsp3) is 0.340. The molecule has 0 radical (unpaired) electrons. The number of carboxylic acid groups (broad SMARTS) is 2. The van der Waals surface area contributed by atoms with Gasteiger partial charge >= 0.3 is 11.9 Å². The summed E-state index contributed by atoms with van der Waals surface area (Å²) in [5.41, 5.74) is 10.8. The van der Waals surface area contributed by atoms with Gasteiger partial charge in [-0.15, -0.1) is 6.42 Å². The molecule has 9 rings (SSSR count). The molecule has 0 bridgehead atoms. The smallest absolute Gasteiger partial charge is 0.305 e. The highest BCUT2D eigenvalue weighted by Gasteiger charge is 2.39. The van der Waals surface area contributed by atoms with E-state index in [2.05, 4.69) is 16.6 Å². The molecule has 0 heterocycles. The van der Waals surface area contributed by atoms with Crippen molar-refractivity contribution in [1.29, 1.82) is 0 Å². The lowest BCUT2D eigenvalue weighted by molar-refractivity contribution is -0.144. The number of carboxylic acids is 2. The van der Waals surface area contributed by atoms with Crippen LogP contribution < -0.4 is 25.8 Å². The van der Waals surface area contributed by atoms with Gasteiger partial charge in [-0.3, -0.25) is 57.5 Å². The number of amides is 2. The highest BCUT2D eigenvalue weighted by Crippen LogP contribution is 2.33. The molecule has 9 aromatic rings. The summed E-state index contributed by atoms with van der Waals surface area (Å²) in [6, 6.07) is 55.5. The number of Topliss-reactive ketones (excluding diaryl/α,β-unsaturated/α-hetero) is 8. The van der Waals surface area contributed by atoms with Crippen LogP contribution in [0.3, 0.4) is 0 Å². The van der Waals surface area contributed by atoms with Crippen LogP contribution in [-0.2, 0) is 118 Å². The molecule has 0 spiro atoms. The van der Waals surface area contributed by atoms with E-state index in [9.17, 15) is 64.8 Å². The van der Waals surface area contributed by atoms with E-state index in [1.807, 2.05) is 30.3 Å². The van der Waals surface area contributed by atoms with Crippen molar-refractivity contribution in [3.05, 3.63) is 275 Å². The summed E-state index contributed by atoms with van der Waals surface area (Å²) in [5, 5.41) is 87.8. The maximum Gasteiger partial charge on any atom is 0.305 e. The van der Waals surface area contributed by atoms with Crippen molar-refractivity contribution in [2.24, 2.45) is 47.2 Å². The number of hydrogen-bond acceptors (Lipinski definition) is 23. The number of phenols is 6. The molecule has 0 aromatic heterocycles. The standard InChI is InChI=1S/C103H111N3O24/c1-2-43-129-87-39-41-88(42-40-87)130-48-47-128-46-45-127-44-9-14-92(113)91(65-101(123)124)106-103(126)80(64-100(121)122)63-99(120)90(56-67-12-7-4-8-13-67)105-102(125)79(54-73-25-37-86(112)38-26-73)62-97(118)77(52-71-21-33-84(110)34-22-71)60-95(116)75(50-69-17-29-82(108)30-18-69)58-93(114)74(49-68-15-27-81(107)28-16-68)57-94(115)76(51-70-19-31-83(109)32-20-70)59-96(117)78(53-72-23-35-85(111)36-24-72)61-98(119)89(104)55-66-10-5-3-6-11-66/h1,3-8,10-13,15-42,74-80,89-91,107-112H,9,14,43-65,104H2,(H,105,125)(H,106,126)(H,121,122)(H,123,124)/t74-,75-,76-,77-,78-,79-,80+,89+,90+,91+/m0/s1. The lowest BCUT2D eigenvalue weighted by Gasteiger charge is -2.26. The van der Waals surface area contributed by atoms with E-state index in [1.165, 1.54) is 97.1 Å². The zero-order valence-corrected chi connectivity index (χ0v) is 72.2. The summed E-state index contributed by atoms with van der Waals surface area (Å²) in [5.74, 6) is -16.2. The number of aliphatic carboxylic acids is 2. The fourth-order valence-corrected chi connectivity index (χ4v) is 15.4. The van der Waals surface area contributed by atoms with Crippen molar-refractivity contribution in [2.75, 3.05) is 39.6 Å². The van der Waals surface area contributed by atoms with Crippen LogP contribution >= 0.6 is 0 Å². The third-order valence-electron chi connectivity index (χ3n) is 22.6. The topological polar surface area (TPSA) is 454 Å². The number of ether oxygens (including phenoxy) is 4. The largest absolute Gasteiger partial charge is 0.508 e. The van der Waals surface area contributed by atoms with Gasteiger partial charge in [0.15, 0.2) is 17.3 Å². The maximum atomic E-state index is 15.8. The normalized spacial score (nSPS) is 13.5. The van der Waals surface area contributed by atoms with E-state index >= 15 is 33.6 Å². The molecule has 0 fully saturated rings. The van der Waals surface area contributed by atoms with Gasteiger partial charge in [0, 0.05) is 93.5 Å². The number of terminal acetylenes is 1. The van der Waals surface area contributed by atoms with Crippen LogP contribution in [0.4, 0.5) is 0 Å². The Kier molecular flexibility index (Phi) is 39.7. The van der Waals surface area contributed by atoms with Crippen LogP contribution in [0, 0.1) is 53.8 Å². The Morgan fingerprint density at radius 2 is 0.585 bits per heavy atom. The molecule has 2 amide bonds. The van der Waals surface area contributed by atoms with E-state index in [0.29, 0.717) is 50.4 Å². The minimum absolute atomic E-state index is 0.0255. The molecule has 0 saturated heterocycles. The molecule has 10 atom stereocenters. The SMILES string of the molecule is C#CCOc1ccc(OCCOCCOCCCC(=O)[C@@H](CC(=O)O)NC(=O)[C@@H](CC(=O)O)CC(=O)[C@@H](Cc2ccccc2)NC(=O)[C@H](CC(=O)[C@H](CC(=O)[C@H](CC(=O)[C@H](CC(=O)[C@H](CC(=O)[C@H](CC(=O)[C@H](N)Cc2ccccc2)Cc2ccc(O)cc2)Cc2ccc(O)cc2)Cc2ccc(O)cc2)Cc2ccc(O)cc2)Cc2ccc(O)cc2)Cc2ccc(O)cc2)cc1. The molecule has 9 aromatic carbocycles. The Morgan fingerprint density at radius 1 is 0.292 bits per heavy atom. The highest BCUT2D eigenvalue weighted by molar-refractivity contribution is 5.99. The number of hydrogen-bond donors (Lipinski definition) is 11. The first-order valence-corrected chi connectivity index (χ1v) is 43.2. The van der Waals surface area contributed by atoms with Crippen molar-refractivity contribution in [3.63, 3.8) is 0 Å². The number of phenolic OH excluding ortho intramolecular Hbond substituents is 6. The number of rotatable bonds is 59. The Morgan fingerprint density at radius 3 is 0.946 bits per heavy atom. The number of carbonyl (C=O) groups is 12. The number of nitrogens with one attached hydrogen (secondary N) is 2. The van der Waals surface area contributed by atoms with Gasteiger partial charge in [0.1, 0.15) is 88.1 Å². The molecule has 27 heteroatoms. The molecule has 12 N–H and O–H groups in total. The van der Waals surface area contributed by atoms with Crippen molar-refractivity contribution < 1.29 is 117 Å². The molecule has 682 valence electrons. The Hall–Kier alpha value is -13.9. The van der Waals surface area contributed by atoms with Crippen LogP contribution in [-0.4, -0.2) is 169 Å². The summed E-state index contributed by atoms with van der Waals surface area (Å²) in [6.45, 7) is 0.894. The summed E-state index contributed by atoms with van der Waals surface area (Å²) >= 11 is 0. The van der Waals surface area contributed by atoms with E-state index in [-0.39, 0.29) is 145 Å².